The van der Waals surface area contributed by atoms with Crippen LogP contribution in [-0.2, 0) is 16.1 Å². The number of para-hydroxylation sites is 2. The van der Waals surface area contributed by atoms with Gasteiger partial charge in [-0.2, -0.15) is 0 Å². The second kappa shape index (κ2) is 8.04. The number of hydrogen-bond donors (Lipinski definition) is 1. The van der Waals surface area contributed by atoms with E-state index in [-0.39, 0.29) is 30.5 Å². The molecule has 0 aliphatic rings. The number of benzene rings is 2. The van der Waals surface area contributed by atoms with E-state index in [1.54, 1.807) is 25.2 Å². The summed E-state index contributed by atoms with van der Waals surface area (Å²) in [4.78, 5) is 42.5. The second-order valence-electron chi connectivity index (χ2n) is 6.72. The average Bonchev–Trinajstić information content (AvgIpc) is 2.67. The molecule has 2 aromatic carbocycles. The monoisotopic (exact) mass is 378 g/mol. The zero-order valence-corrected chi connectivity index (χ0v) is 16.1. The smallest absolute Gasteiger partial charge is 0.269 e. The first-order valence-corrected chi connectivity index (χ1v) is 8.91. The molecule has 7 nitrogen and oxygen atoms in total. The van der Waals surface area contributed by atoms with Crippen molar-refractivity contribution < 1.29 is 9.59 Å². The molecule has 144 valence electrons. The first-order valence-electron chi connectivity index (χ1n) is 8.91. The first-order chi connectivity index (χ1) is 13.4. The molecule has 0 spiro atoms. The number of anilines is 1. The predicted molar refractivity (Wildman–Crippen MR) is 108 cm³/mol. The van der Waals surface area contributed by atoms with Crippen LogP contribution in [0.3, 0.4) is 0 Å². The molecule has 0 aliphatic carbocycles. The number of aromatic nitrogens is 2. The summed E-state index contributed by atoms with van der Waals surface area (Å²) in [6, 6.07) is 12.8. The lowest BCUT2D eigenvalue weighted by atomic mass is 10.1. The van der Waals surface area contributed by atoms with Crippen molar-refractivity contribution in [2.75, 3.05) is 18.9 Å². The molecule has 0 radical (unpaired) electrons. The normalized spacial score (nSPS) is 10.7. The van der Waals surface area contributed by atoms with Crippen molar-refractivity contribution in [2.45, 2.75) is 20.4 Å². The van der Waals surface area contributed by atoms with Gasteiger partial charge in [-0.25, -0.2) is 4.98 Å². The first kappa shape index (κ1) is 19.3. The maximum atomic E-state index is 12.6. The van der Waals surface area contributed by atoms with E-state index < -0.39 is 0 Å². The number of carbonyl (C=O) groups excluding carboxylic acids is 2. The van der Waals surface area contributed by atoms with Gasteiger partial charge in [-0.3, -0.25) is 19.0 Å². The zero-order chi connectivity index (χ0) is 20.3. The molecule has 28 heavy (non-hydrogen) atoms. The molecule has 1 aromatic heterocycles. The van der Waals surface area contributed by atoms with Crippen molar-refractivity contribution in [1.82, 2.24) is 14.5 Å². The molecule has 0 saturated carbocycles. The summed E-state index contributed by atoms with van der Waals surface area (Å²) in [6.07, 6.45) is 1.20. The van der Waals surface area contributed by atoms with Crippen LogP contribution in [0.25, 0.3) is 11.0 Å². The lowest BCUT2D eigenvalue weighted by molar-refractivity contribution is -0.133. The molecule has 1 heterocycles. The Balaban J connectivity index is 1.70. The second-order valence-corrected chi connectivity index (χ2v) is 6.72. The van der Waals surface area contributed by atoms with Gasteiger partial charge in [-0.15, -0.1) is 0 Å². The molecule has 0 fully saturated rings. The average molecular weight is 378 g/mol. The molecule has 3 aromatic rings. The summed E-state index contributed by atoms with van der Waals surface area (Å²) in [5.41, 5.74) is 3.63. The predicted octanol–water partition coefficient (Wildman–Crippen LogP) is 2.11. The highest BCUT2D eigenvalue weighted by Gasteiger charge is 2.16. The third-order valence-electron chi connectivity index (χ3n) is 4.73. The van der Waals surface area contributed by atoms with Crippen molar-refractivity contribution in [3.8, 4) is 0 Å². The van der Waals surface area contributed by atoms with Gasteiger partial charge in [0.2, 0.25) is 11.8 Å². The topological polar surface area (TPSA) is 84.3 Å². The quantitative estimate of drug-likeness (QED) is 0.737. The van der Waals surface area contributed by atoms with E-state index in [0.717, 1.165) is 16.8 Å². The van der Waals surface area contributed by atoms with Crippen LogP contribution in [0.5, 0.6) is 0 Å². The van der Waals surface area contributed by atoms with Crippen LogP contribution >= 0.6 is 0 Å². The van der Waals surface area contributed by atoms with Crippen molar-refractivity contribution >= 4 is 28.5 Å². The van der Waals surface area contributed by atoms with E-state index in [2.05, 4.69) is 10.3 Å². The molecule has 0 atom stereocenters. The van der Waals surface area contributed by atoms with Gasteiger partial charge in [-0.05, 0) is 43.2 Å². The maximum absolute atomic E-state index is 12.6. The lowest BCUT2D eigenvalue weighted by Gasteiger charge is -2.19. The highest BCUT2D eigenvalue weighted by Crippen LogP contribution is 2.17. The maximum Gasteiger partial charge on any atom is 0.269 e. The molecular weight excluding hydrogens is 356 g/mol. The van der Waals surface area contributed by atoms with Gasteiger partial charge in [-0.1, -0.05) is 24.3 Å². The molecule has 1 N–H and O–H groups in total. The number of likely N-dealkylation sites (N-methyl/N-ethyl adjacent to an activating group) is 1. The van der Waals surface area contributed by atoms with E-state index in [0.29, 0.717) is 11.0 Å². The van der Waals surface area contributed by atoms with Crippen molar-refractivity contribution in [3.63, 3.8) is 0 Å². The van der Waals surface area contributed by atoms with E-state index >= 15 is 0 Å². The SMILES string of the molecule is Cc1cccc(NC(=O)CN(C)C(=O)Cn2c(=O)cnc3ccccc32)c1C. The number of hydrogen-bond acceptors (Lipinski definition) is 4. The van der Waals surface area contributed by atoms with E-state index in [1.807, 2.05) is 38.1 Å². The number of nitrogens with one attached hydrogen (secondary N) is 1. The standard InChI is InChI=1S/C21H22N4O3/c1-14-7-6-9-16(15(14)2)23-19(26)12-24(3)21(28)13-25-18-10-5-4-8-17(18)22-11-20(25)27/h4-11H,12-13H2,1-3H3,(H,23,26). The lowest BCUT2D eigenvalue weighted by Crippen LogP contribution is -2.38. The fraction of sp³-hybridized carbons (Fsp3) is 0.238. The van der Waals surface area contributed by atoms with Crippen LogP contribution < -0.4 is 10.9 Å². The molecule has 3 rings (SSSR count). The highest BCUT2D eigenvalue weighted by molar-refractivity contribution is 5.95. The fourth-order valence-electron chi connectivity index (χ4n) is 2.91. The van der Waals surface area contributed by atoms with Gasteiger partial charge in [0, 0.05) is 12.7 Å². The van der Waals surface area contributed by atoms with Crippen LogP contribution in [-0.4, -0.2) is 39.9 Å². The Morgan fingerprint density at radius 1 is 1.11 bits per heavy atom. The summed E-state index contributed by atoms with van der Waals surface area (Å²) in [6.45, 7) is 3.64. The number of aryl methyl sites for hydroxylation is 1. The fourth-order valence-corrected chi connectivity index (χ4v) is 2.91. The highest BCUT2D eigenvalue weighted by atomic mass is 16.2. The summed E-state index contributed by atoms with van der Waals surface area (Å²) in [5.74, 6) is -0.633. The van der Waals surface area contributed by atoms with Crippen molar-refractivity contribution in [3.05, 3.63) is 70.1 Å². The zero-order valence-electron chi connectivity index (χ0n) is 16.1. The minimum Gasteiger partial charge on any atom is -0.335 e. The number of carbonyl (C=O) groups is 2. The number of amides is 2. The van der Waals surface area contributed by atoms with E-state index in [4.69, 9.17) is 0 Å². The van der Waals surface area contributed by atoms with Gasteiger partial charge in [0.15, 0.2) is 0 Å². The molecule has 7 heteroatoms. The Hall–Kier alpha value is -3.48. The van der Waals surface area contributed by atoms with Crippen LogP contribution in [0.15, 0.2) is 53.5 Å². The van der Waals surface area contributed by atoms with Crippen molar-refractivity contribution in [2.24, 2.45) is 0 Å². The van der Waals surface area contributed by atoms with E-state index in [1.165, 1.54) is 15.7 Å². The van der Waals surface area contributed by atoms with Gasteiger partial charge in [0.25, 0.3) is 5.56 Å². The molecule has 0 bridgehead atoms. The largest absolute Gasteiger partial charge is 0.335 e. The summed E-state index contributed by atoms with van der Waals surface area (Å²) in [7, 11) is 1.54. The number of nitrogens with zero attached hydrogens (tertiary/aromatic N) is 3. The van der Waals surface area contributed by atoms with Gasteiger partial charge in [0.05, 0.1) is 23.8 Å². The third kappa shape index (κ3) is 4.09. The molecular formula is C21H22N4O3. The Bertz CT molecular complexity index is 1100. The van der Waals surface area contributed by atoms with Crippen LogP contribution in [0.1, 0.15) is 11.1 Å². The van der Waals surface area contributed by atoms with Gasteiger partial charge < -0.3 is 10.2 Å². The van der Waals surface area contributed by atoms with Gasteiger partial charge >= 0.3 is 0 Å². The molecule has 2 amide bonds. The minimum absolute atomic E-state index is 0.107. The molecule has 0 aliphatic heterocycles. The molecule has 0 unspecified atom stereocenters. The number of fused-ring (bicyclic) bond motifs is 1. The Kier molecular flexibility index (Phi) is 5.54. The van der Waals surface area contributed by atoms with Crippen LogP contribution in [0.4, 0.5) is 5.69 Å². The van der Waals surface area contributed by atoms with Crippen molar-refractivity contribution in [1.29, 1.82) is 0 Å². The Labute approximate surface area is 162 Å². The van der Waals surface area contributed by atoms with Gasteiger partial charge in [0.1, 0.15) is 6.54 Å². The third-order valence-corrected chi connectivity index (χ3v) is 4.73. The summed E-state index contributed by atoms with van der Waals surface area (Å²) < 4.78 is 1.36. The van der Waals surface area contributed by atoms with Crippen LogP contribution in [0, 0.1) is 13.8 Å². The Morgan fingerprint density at radius 2 is 1.86 bits per heavy atom. The minimum atomic E-state index is -0.361. The molecule has 0 saturated heterocycles. The summed E-state index contributed by atoms with van der Waals surface area (Å²) in [5, 5.41) is 2.83. The van der Waals surface area contributed by atoms with E-state index in [9.17, 15) is 14.4 Å². The number of rotatable bonds is 5. The van der Waals surface area contributed by atoms with Crippen LogP contribution in [0.2, 0.25) is 0 Å². The Morgan fingerprint density at radius 3 is 2.64 bits per heavy atom. The summed E-state index contributed by atoms with van der Waals surface area (Å²) >= 11 is 0.